The molecular formula is C26H22O6S2. The van der Waals surface area contributed by atoms with E-state index in [9.17, 15) is 16.8 Å². The predicted molar refractivity (Wildman–Crippen MR) is 128 cm³/mol. The molecule has 4 aromatic rings. The van der Waals surface area contributed by atoms with E-state index in [4.69, 9.17) is 9.47 Å². The number of benzene rings is 4. The van der Waals surface area contributed by atoms with E-state index in [1.807, 2.05) is 6.92 Å². The van der Waals surface area contributed by atoms with Gasteiger partial charge in [0.25, 0.3) is 0 Å². The maximum atomic E-state index is 13.0. The van der Waals surface area contributed by atoms with Crippen LogP contribution in [0, 0.1) is 6.92 Å². The van der Waals surface area contributed by atoms with E-state index in [1.54, 1.807) is 55.6 Å². The van der Waals surface area contributed by atoms with Gasteiger partial charge in [0.05, 0.1) is 26.7 Å². The van der Waals surface area contributed by atoms with Crippen LogP contribution in [-0.4, -0.2) is 23.9 Å². The zero-order valence-electron chi connectivity index (χ0n) is 18.5. The Labute approximate surface area is 199 Å². The molecule has 4 aromatic carbocycles. The number of methoxy groups -OCH3 is 1. The van der Waals surface area contributed by atoms with Gasteiger partial charge in [-0.1, -0.05) is 17.7 Å². The highest BCUT2D eigenvalue weighted by molar-refractivity contribution is 7.92. The van der Waals surface area contributed by atoms with E-state index in [-0.39, 0.29) is 19.6 Å². The minimum atomic E-state index is -3.84. The van der Waals surface area contributed by atoms with Gasteiger partial charge in [-0.15, -0.1) is 0 Å². The molecule has 0 bridgehead atoms. The minimum absolute atomic E-state index is 0.000760. The maximum absolute atomic E-state index is 13.0. The number of aryl methyl sites for hydroxylation is 1. The highest BCUT2D eigenvalue weighted by Crippen LogP contribution is 2.28. The molecule has 6 nitrogen and oxygen atoms in total. The Bertz CT molecular complexity index is 1490. The van der Waals surface area contributed by atoms with Gasteiger partial charge in [-0.2, -0.15) is 0 Å². The second-order valence-electron chi connectivity index (χ2n) is 7.54. The Kier molecular flexibility index (Phi) is 6.45. The van der Waals surface area contributed by atoms with Gasteiger partial charge in [0.15, 0.2) is 0 Å². The second-order valence-corrected chi connectivity index (χ2v) is 11.4. The van der Waals surface area contributed by atoms with Gasteiger partial charge in [0, 0.05) is 0 Å². The van der Waals surface area contributed by atoms with Crippen LogP contribution in [0.5, 0.6) is 17.2 Å². The van der Waals surface area contributed by atoms with Crippen LogP contribution in [-0.2, 0) is 19.7 Å². The highest BCUT2D eigenvalue weighted by Gasteiger charge is 2.21. The third-order valence-electron chi connectivity index (χ3n) is 5.20. The summed E-state index contributed by atoms with van der Waals surface area (Å²) in [5.41, 5.74) is 0.945. The maximum Gasteiger partial charge on any atom is 0.206 e. The minimum Gasteiger partial charge on any atom is -0.497 e. The van der Waals surface area contributed by atoms with Crippen LogP contribution in [0.4, 0.5) is 0 Å². The first-order valence-electron chi connectivity index (χ1n) is 10.3. The van der Waals surface area contributed by atoms with Crippen molar-refractivity contribution in [2.24, 2.45) is 0 Å². The van der Waals surface area contributed by atoms with Crippen molar-refractivity contribution in [2.45, 2.75) is 26.5 Å². The standard InChI is InChI=1S/C26H22O6S2/c1-19-3-11-23(12-4-19)33(27,28)25-15-17-26(18-16-25)34(29,30)24-13-9-22(10-14-24)32-21-7-5-20(31-2)6-8-21/h3-18H,1-2H3. The normalized spacial score (nSPS) is 11.7. The first-order chi connectivity index (χ1) is 16.2. The third-order valence-corrected chi connectivity index (χ3v) is 8.78. The summed E-state index contributed by atoms with van der Waals surface area (Å²) in [5.74, 6) is 1.76. The van der Waals surface area contributed by atoms with Crippen molar-refractivity contribution >= 4 is 19.7 Å². The molecule has 0 aliphatic rings. The molecule has 34 heavy (non-hydrogen) atoms. The van der Waals surface area contributed by atoms with Crippen molar-refractivity contribution in [2.75, 3.05) is 7.11 Å². The summed E-state index contributed by atoms with van der Waals surface area (Å²) in [6, 6.07) is 24.8. The van der Waals surface area contributed by atoms with E-state index in [0.29, 0.717) is 17.2 Å². The monoisotopic (exact) mass is 494 g/mol. The van der Waals surface area contributed by atoms with Crippen molar-refractivity contribution in [1.82, 2.24) is 0 Å². The summed E-state index contributed by atoms with van der Waals surface area (Å²) in [4.78, 5) is 0.252. The molecule has 0 saturated heterocycles. The molecule has 0 fully saturated rings. The fourth-order valence-corrected chi connectivity index (χ4v) is 5.78. The van der Waals surface area contributed by atoms with Crippen LogP contribution >= 0.6 is 0 Å². The number of ether oxygens (including phenoxy) is 2. The summed E-state index contributed by atoms with van der Waals surface area (Å²) >= 11 is 0. The molecule has 174 valence electrons. The molecule has 0 aliphatic carbocycles. The topological polar surface area (TPSA) is 86.7 Å². The first-order valence-corrected chi connectivity index (χ1v) is 13.3. The smallest absolute Gasteiger partial charge is 0.206 e. The van der Waals surface area contributed by atoms with Crippen LogP contribution < -0.4 is 9.47 Å². The van der Waals surface area contributed by atoms with E-state index in [2.05, 4.69) is 0 Å². The SMILES string of the molecule is COc1ccc(Oc2ccc(S(=O)(=O)c3ccc(S(=O)(=O)c4ccc(C)cc4)cc3)cc2)cc1. The largest absolute Gasteiger partial charge is 0.497 e. The third kappa shape index (κ3) is 4.83. The zero-order valence-corrected chi connectivity index (χ0v) is 20.1. The molecule has 0 N–H and O–H groups in total. The lowest BCUT2D eigenvalue weighted by atomic mass is 10.2. The van der Waals surface area contributed by atoms with Gasteiger partial charge in [-0.3, -0.25) is 0 Å². The predicted octanol–water partition coefficient (Wildman–Crippen LogP) is 5.46. The Morgan fingerprint density at radius 2 is 0.765 bits per heavy atom. The number of sulfone groups is 2. The molecule has 0 spiro atoms. The van der Waals surface area contributed by atoms with Crippen molar-refractivity contribution in [3.63, 3.8) is 0 Å². The van der Waals surface area contributed by atoms with E-state index < -0.39 is 19.7 Å². The molecule has 0 atom stereocenters. The van der Waals surface area contributed by atoms with Crippen LogP contribution in [0.2, 0.25) is 0 Å². The second kappa shape index (κ2) is 9.32. The van der Waals surface area contributed by atoms with Gasteiger partial charge >= 0.3 is 0 Å². The van der Waals surface area contributed by atoms with E-state index >= 15 is 0 Å². The summed E-state index contributed by atoms with van der Waals surface area (Å²) in [7, 11) is -6.00. The molecule has 0 aromatic heterocycles. The van der Waals surface area contributed by atoms with E-state index in [0.717, 1.165) is 5.56 Å². The van der Waals surface area contributed by atoms with Gasteiger partial charge < -0.3 is 9.47 Å². The average molecular weight is 495 g/mol. The Hall–Kier alpha value is -3.62. The van der Waals surface area contributed by atoms with Crippen LogP contribution in [0.3, 0.4) is 0 Å². The fourth-order valence-electron chi connectivity index (χ4n) is 3.25. The lowest BCUT2D eigenvalue weighted by Gasteiger charge is -2.09. The summed E-state index contributed by atoms with van der Waals surface area (Å²) in [6.45, 7) is 1.87. The van der Waals surface area contributed by atoms with Crippen LogP contribution in [0.15, 0.2) is 117 Å². The summed E-state index contributed by atoms with van der Waals surface area (Å²) in [6.07, 6.45) is 0. The highest BCUT2D eigenvalue weighted by atomic mass is 32.2. The van der Waals surface area contributed by atoms with Crippen molar-refractivity contribution in [3.05, 3.63) is 103 Å². The molecule has 0 aliphatic heterocycles. The number of hydrogen-bond acceptors (Lipinski definition) is 6. The molecule has 0 heterocycles. The Morgan fingerprint density at radius 3 is 1.15 bits per heavy atom. The molecular weight excluding hydrogens is 472 g/mol. The Morgan fingerprint density at radius 1 is 0.471 bits per heavy atom. The summed E-state index contributed by atoms with van der Waals surface area (Å²) in [5, 5.41) is 0. The Balaban J connectivity index is 1.54. The molecule has 0 saturated carbocycles. The van der Waals surface area contributed by atoms with Crippen molar-refractivity contribution in [1.29, 1.82) is 0 Å². The van der Waals surface area contributed by atoms with Crippen LogP contribution in [0.1, 0.15) is 5.56 Å². The number of rotatable bonds is 7. The van der Waals surface area contributed by atoms with E-state index in [1.165, 1.54) is 48.5 Å². The molecule has 0 radical (unpaired) electrons. The first kappa shape index (κ1) is 23.5. The molecule has 0 unspecified atom stereocenters. The number of hydrogen-bond donors (Lipinski definition) is 0. The fraction of sp³-hybridized carbons (Fsp3) is 0.0769. The zero-order chi connectivity index (χ0) is 24.3. The van der Waals surface area contributed by atoms with Gasteiger partial charge in [0.2, 0.25) is 19.7 Å². The quantitative estimate of drug-likeness (QED) is 0.339. The molecule has 0 amide bonds. The van der Waals surface area contributed by atoms with Gasteiger partial charge in [-0.25, -0.2) is 16.8 Å². The lowest BCUT2D eigenvalue weighted by molar-refractivity contribution is 0.413. The molecule has 8 heteroatoms. The van der Waals surface area contributed by atoms with Crippen molar-refractivity contribution < 1.29 is 26.3 Å². The van der Waals surface area contributed by atoms with Crippen LogP contribution in [0.25, 0.3) is 0 Å². The summed E-state index contributed by atoms with van der Waals surface area (Å²) < 4.78 is 62.6. The van der Waals surface area contributed by atoms with Gasteiger partial charge in [-0.05, 0) is 91.9 Å². The van der Waals surface area contributed by atoms with Crippen molar-refractivity contribution in [3.8, 4) is 17.2 Å². The van der Waals surface area contributed by atoms with Gasteiger partial charge in [0.1, 0.15) is 17.2 Å². The average Bonchev–Trinajstić information content (AvgIpc) is 2.85. The molecule has 4 rings (SSSR count). The lowest BCUT2D eigenvalue weighted by Crippen LogP contribution is -2.05.